The summed E-state index contributed by atoms with van der Waals surface area (Å²) in [5.41, 5.74) is 3.57. The molecule has 24 heavy (non-hydrogen) atoms. The predicted molar refractivity (Wildman–Crippen MR) is 92.3 cm³/mol. The first-order chi connectivity index (χ1) is 11.4. The van der Waals surface area contributed by atoms with Crippen LogP contribution in [0, 0.1) is 13.8 Å². The van der Waals surface area contributed by atoms with Crippen molar-refractivity contribution in [3.63, 3.8) is 0 Å². The lowest BCUT2D eigenvalue weighted by molar-refractivity contribution is -0.120. The Morgan fingerprint density at radius 2 is 1.75 bits per heavy atom. The minimum absolute atomic E-state index is 0.332. The largest absolute Gasteiger partial charge is 0.324 e. The Kier molecular flexibility index (Phi) is 3.93. The highest BCUT2D eigenvalue weighted by Gasteiger charge is 2.40. The van der Waals surface area contributed by atoms with Crippen molar-refractivity contribution in [2.45, 2.75) is 26.8 Å². The maximum Gasteiger partial charge on any atom is 0.300 e. The van der Waals surface area contributed by atoms with E-state index in [-0.39, 0.29) is 5.91 Å². The van der Waals surface area contributed by atoms with Gasteiger partial charge >= 0.3 is 0 Å². The molecule has 1 heterocycles. The molecular formula is C19H18N2O3. The molecule has 2 amide bonds. The monoisotopic (exact) mass is 322 g/mol. The topological polar surface area (TPSA) is 66.5 Å². The molecule has 0 bridgehead atoms. The molecule has 0 saturated heterocycles. The summed E-state index contributed by atoms with van der Waals surface area (Å²) < 4.78 is 0. The molecule has 5 nitrogen and oxygen atoms in total. The van der Waals surface area contributed by atoms with Gasteiger partial charge in [-0.05, 0) is 50.1 Å². The lowest BCUT2D eigenvalue weighted by Gasteiger charge is -2.24. The van der Waals surface area contributed by atoms with Gasteiger partial charge in [0.25, 0.3) is 11.7 Å². The first-order valence-corrected chi connectivity index (χ1v) is 7.76. The molecule has 0 aromatic heterocycles. The van der Waals surface area contributed by atoms with Crippen LogP contribution in [0.5, 0.6) is 0 Å². The van der Waals surface area contributed by atoms with Crippen LogP contribution in [0.2, 0.25) is 0 Å². The molecule has 3 rings (SSSR count). The van der Waals surface area contributed by atoms with E-state index < -0.39 is 17.7 Å². The number of carbonyl (C=O) groups excluding carboxylic acids is 3. The number of amides is 2. The maximum atomic E-state index is 12.6. The van der Waals surface area contributed by atoms with E-state index in [4.69, 9.17) is 0 Å². The van der Waals surface area contributed by atoms with Gasteiger partial charge in [-0.25, -0.2) is 0 Å². The Morgan fingerprint density at radius 1 is 1.04 bits per heavy atom. The first-order valence-electron chi connectivity index (χ1n) is 7.76. The van der Waals surface area contributed by atoms with Crippen LogP contribution in [0.15, 0.2) is 42.5 Å². The summed E-state index contributed by atoms with van der Waals surface area (Å²) in [6.45, 7) is 5.51. The summed E-state index contributed by atoms with van der Waals surface area (Å²) in [7, 11) is 0. The van der Waals surface area contributed by atoms with Crippen LogP contribution in [0.4, 0.5) is 11.4 Å². The molecule has 0 fully saturated rings. The van der Waals surface area contributed by atoms with Gasteiger partial charge in [0.2, 0.25) is 5.91 Å². The molecule has 0 saturated carbocycles. The molecule has 1 aliphatic heterocycles. The summed E-state index contributed by atoms with van der Waals surface area (Å²) in [5.74, 6) is -1.57. The first kappa shape index (κ1) is 15.9. The third-order valence-corrected chi connectivity index (χ3v) is 4.45. The molecule has 0 radical (unpaired) electrons. The van der Waals surface area contributed by atoms with E-state index in [2.05, 4.69) is 5.32 Å². The highest BCUT2D eigenvalue weighted by atomic mass is 16.2. The lowest BCUT2D eigenvalue weighted by atomic mass is 10.1. The van der Waals surface area contributed by atoms with Crippen molar-refractivity contribution < 1.29 is 14.4 Å². The molecule has 1 N–H and O–H groups in total. The van der Waals surface area contributed by atoms with Crippen LogP contribution >= 0.6 is 0 Å². The Labute approximate surface area is 140 Å². The van der Waals surface area contributed by atoms with Crippen LogP contribution in [-0.4, -0.2) is 23.6 Å². The van der Waals surface area contributed by atoms with Crippen LogP contribution in [0.1, 0.15) is 28.4 Å². The van der Waals surface area contributed by atoms with Crippen molar-refractivity contribution in [1.29, 1.82) is 0 Å². The number of aryl methyl sites for hydroxylation is 1. The number of carbonyl (C=O) groups is 3. The lowest BCUT2D eigenvalue weighted by Crippen LogP contribution is -2.45. The third-order valence-electron chi connectivity index (χ3n) is 4.45. The molecule has 2 aromatic carbocycles. The molecule has 0 aliphatic carbocycles. The van der Waals surface area contributed by atoms with Gasteiger partial charge < -0.3 is 5.32 Å². The zero-order valence-corrected chi connectivity index (χ0v) is 13.8. The summed E-state index contributed by atoms with van der Waals surface area (Å²) >= 11 is 0. The normalized spacial score (nSPS) is 14.5. The fourth-order valence-corrected chi connectivity index (χ4v) is 2.84. The molecule has 1 atom stereocenters. The predicted octanol–water partition coefficient (Wildman–Crippen LogP) is 2.86. The van der Waals surface area contributed by atoms with E-state index in [9.17, 15) is 14.4 Å². The van der Waals surface area contributed by atoms with Gasteiger partial charge in [0, 0.05) is 5.69 Å². The third kappa shape index (κ3) is 2.48. The van der Waals surface area contributed by atoms with Crippen molar-refractivity contribution in [3.8, 4) is 0 Å². The molecule has 0 spiro atoms. The van der Waals surface area contributed by atoms with Gasteiger partial charge in [0.15, 0.2) is 0 Å². The number of para-hydroxylation sites is 1. The van der Waals surface area contributed by atoms with Crippen LogP contribution in [-0.2, 0) is 9.59 Å². The number of ketones is 1. The summed E-state index contributed by atoms with van der Waals surface area (Å²) in [5, 5.41) is 2.85. The number of hydrogen-bond acceptors (Lipinski definition) is 3. The second-order valence-corrected chi connectivity index (χ2v) is 5.93. The molecule has 122 valence electrons. The fourth-order valence-electron chi connectivity index (χ4n) is 2.84. The van der Waals surface area contributed by atoms with Crippen molar-refractivity contribution in [2.24, 2.45) is 0 Å². The Hall–Kier alpha value is -2.95. The van der Waals surface area contributed by atoms with Crippen molar-refractivity contribution in [2.75, 3.05) is 10.2 Å². The Bertz CT molecular complexity index is 857. The van der Waals surface area contributed by atoms with Crippen LogP contribution in [0.25, 0.3) is 0 Å². The minimum atomic E-state index is -0.787. The number of anilines is 2. The highest BCUT2D eigenvalue weighted by molar-refractivity contribution is 6.52. The molecule has 0 unspecified atom stereocenters. The average molecular weight is 322 g/mol. The summed E-state index contributed by atoms with van der Waals surface area (Å²) in [4.78, 5) is 38.2. The second kappa shape index (κ2) is 5.92. The maximum absolute atomic E-state index is 12.6. The average Bonchev–Trinajstić information content (AvgIpc) is 2.83. The zero-order valence-electron chi connectivity index (χ0n) is 13.8. The Balaban J connectivity index is 1.88. The summed E-state index contributed by atoms with van der Waals surface area (Å²) in [6, 6.07) is 11.6. The van der Waals surface area contributed by atoms with E-state index >= 15 is 0 Å². The van der Waals surface area contributed by atoms with Crippen molar-refractivity contribution >= 4 is 29.0 Å². The van der Waals surface area contributed by atoms with E-state index in [0.717, 1.165) is 11.1 Å². The zero-order chi connectivity index (χ0) is 17.4. The van der Waals surface area contributed by atoms with Gasteiger partial charge in [0.1, 0.15) is 6.04 Å². The molecule has 5 heteroatoms. The number of Topliss-reactive ketones (excluding diaryl/α,β-unsaturated/α-hetero) is 1. The van der Waals surface area contributed by atoms with Gasteiger partial charge in [-0.1, -0.05) is 24.3 Å². The van der Waals surface area contributed by atoms with E-state index in [1.165, 1.54) is 4.90 Å². The smallest absolute Gasteiger partial charge is 0.300 e. The SMILES string of the molecule is Cc1cccc(NC(=O)[C@@H](C)N2C(=O)C(=O)c3ccccc32)c1C. The van der Waals surface area contributed by atoms with Gasteiger partial charge in [-0.15, -0.1) is 0 Å². The number of nitrogens with zero attached hydrogens (tertiary/aromatic N) is 1. The van der Waals surface area contributed by atoms with E-state index in [0.29, 0.717) is 16.9 Å². The van der Waals surface area contributed by atoms with Crippen LogP contribution in [0.3, 0.4) is 0 Å². The standard InChI is InChI=1S/C19H18N2O3/c1-11-7-6-9-15(12(11)2)20-18(23)13(3)21-16-10-5-4-8-14(16)17(22)19(21)24/h4-10,13H,1-3H3,(H,20,23)/t13-/m1/s1. The summed E-state index contributed by atoms with van der Waals surface area (Å²) in [6.07, 6.45) is 0. The molecular weight excluding hydrogens is 304 g/mol. The van der Waals surface area contributed by atoms with Crippen LogP contribution < -0.4 is 10.2 Å². The van der Waals surface area contributed by atoms with Gasteiger partial charge in [0.05, 0.1) is 11.3 Å². The number of rotatable bonds is 3. The van der Waals surface area contributed by atoms with E-state index in [1.54, 1.807) is 31.2 Å². The molecule has 2 aromatic rings. The second-order valence-electron chi connectivity index (χ2n) is 5.93. The molecule has 1 aliphatic rings. The quantitative estimate of drug-likeness (QED) is 0.884. The van der Waals surface area contributed by atoms with Crippen molar-refractivity contribution in [1.82, 2.24) is 0 Å². The number of fused-ring (bicyclic) bond motifs is 1. The van der Waals surface area contributed by atoms with Crippen molar-refractivity contribution in [3.05, 3.63) is 59.2 Å². The Morgan fingerprint density at radius 3 is 2.50 bits per heavy atom. The highest BCUT2D eigenvalue weighted by Crippen LogP contribution is 2.30. The number of nitrogens with one attached hydrogen (secondary N) is 1. The number of hydrogen-bond donors (Lipinski definition) is 1. The fraction of sp³-hybridized carbons (Fsp3) is 0.211. The minimum Gasteiger partial charge on any atom is -0.324 e. The van der Waals surface area contributed by atoms with Gasteiger partial charge in [-0.3, -0.25) is 19.3 Å². The van der Waals surface area contributed by atoms with Gasteiger partial charge in [-0.2, -0.15) is 0 Å². The van der Waals surface area contributed by atoms with E-state index in [1.807, 2.05) is 32.0 Å². The number of benzene rings is 2.